The maximum absolute atomic E-state index is 13.5. The van der Waals surface area contributed by atoms with E-state index in [0.29, 0.717) is 75.8 Å². The molecule has 10 nitrogen and oxygen atoms in total. The summed E-state index contributed by atoms with van der Waals surface area (Å²) in [4.78, 5) is 44.4. The first kappa shape index (κ1) is 27.3. The normalized spacial score (nSPS) is 15.8. The molecule has 2 N–H and O–H groups in total. The molecule has 2 aliphatic heterocycles. The molecule has 0 unspecified atom stereocenters. The zero-order chi connectivity index (χ0) is 27.1. The Kier molecular flexibility index (Phi) is 9.06. The molecule has 2 saturated heterocycles. The Labute approximate surface area is 223 Å². The van der Waals surface area contributed by atoms with Gasteiger partial charge in [-0.1, -0.05) is 13.8 Å². The van der Waals surface area contributed by atoms with Crippen LogP contribution in [0.5, 0.6) is 5.75 Å². The quantitative estimate of drug-likeness (QED) is 0.576. The molecule has 4 amide bonds. The Bertz CT molecular complexity index is 1120. The lowest BCUT2D eigenvalue weighted by Gasteiger charge is -2.37. The van der Waals surface area contributed by atoms with E-state index in [2.05, 4.69) is 15.5 Å². The molecule has 0 radical (unpaired) electrons. The molecule has 0 spiro atoms. The van der Waals surface area contributed by atoms with Crippen LogP contribution in [0.1, 0.15) is 30.6 Å². The van der Waals surface area contributed by atoms with Gasteiger partial charge >= 0.3 is 6.03 Å². The van der Waals surface area contributed by atoms with Crippen LogP contribution in [-0.2, 0) is 9.53 Å². The van der Waals surface area contributed by atoms with Crippen molar-refractivity contribution in [2.75, 3.05) is 75.1 Å². The van der Waals surface area contributed by atoms with Crippen LogP contribution in [0.15, 0.2) is 42.5 Å². The lowest BCUT2D eigenvalue weighted by Crippen LogP contribution is -2.50. The molecule has 0 bridgehead atoms. The molecule has 2 aromatic rings. The summed E-state index contributed by atoms with van der Waals surface area (Å²) in [6.07, 6.45) is 0.412. The van der Waals surface area contributed by atoms with Crippen LogP contribution in [-0.4, -0.2) is 87.2 Å². The second-order valence-corrected chi connectivity index (χ2v) is 9.92. The average Bonchev–Trinajstić information content (AvgIpc) is 2.93. The van der Waals surface area contributed by atoms with E-state index >= 15 is 0 Å². The number of piperazine rings is 1. The summed E-state index contributed by atoms with van der Waals surface area (Å²) in [6.45, 7) is 8.25. The van der Waals surface area contributed by atoms with E-state index < -0.39 is 0 Å². The number of carbonyl (C=O) groups is 3. The number of hydrogen-bond donors (Lipinski definition) is 2. The van der Waals surface area contributed by atoms with Crippen LogP contribution in [0, 0.1) is 5.92 Å². The first-order valence-electron chi connectivity index (χ1n) is 13.1. The van der Waals surface area contributed by atoms with Gasteiger partial charge in [-0.25, -0.2) is 4.79 Å². The minimum atomic E-state index is -0.164. The van der Waals surface area contributed by atoms with Gasteiger partial charge in [0.25, 0.3) is 5.91 Å². The Hall–Kier alpha value is -3.79. The fraction of sp³-hybridized carbons (Fsp3) is 0.464. The molecule has 204 valence electrons. The number of nitrogens with zero attached hydrogens (tertiary/aromatic N) is 3. The molecule has 2 aromatic carbocycles. The van der Waals surface area contributed by atoms with Crippen molar-refractivity contribution >= 4 is 34.9 Å². The Morgan fingerprint density at radius 3 is 2.16 bits per heavy atom. The Balaban J connectivity index is 1.46. The van der Waals surface area contributed by atoms with Crippen molar-refractivity contribution in [2.45, 2.75) is 20.3 Å². The minimum Gasteiger partial charge on any atom is -0.497 e. The van der Waals surface area contributed by atoms with Gasteiger partial charge < -0.3 is 34.8 Å². The van der Waals surface area contributed by atoms with Crippen molar-refractivity contribution < 1.29 is 23.9 Å². The van der Waals surface area contributed by atoms with Crippen LogP contribution in [0.25, 0.3) is 0 Å². The van der Waals surface area contributed by atoms with E-state index in [1.165, 1.54) is 0 Å². The molecule has 2 fully saturated rings. The topological polar surface area (TPSA) is 103 Å². The van der Waals surface area contributed by atoms with E-state index in [1.54, 1.807) is 47.2 Å². The maximum Gasteiger partial charge on any atom is 0.321 e. The second-order valence-electron chi connectivity index (χ2n) is 9.92. The van der Waals surface area contributed by atoms with Crippen molar-refractivity contribution in [3.8, 4) is 5.75 Å². The highest BCUT2D eigenvalue weighted by atomic mass is 16.5. The number of rotatable bonds is 7. The highest BCUT2D eigenvalue weighted by Gasteiger charge is 2.27. The van der Waals surface area contributed by atoms with Crippen molar-refractivity contribution in [1.82, 2.24) is 9.80 Å². The van der Waals surface area contributed by atoms with Gasteiger partial charge in [-0.2, -0.15) is 0 Å². The third-order valence-electron chi connectivity index (χ3n) is 6.65. The number of urea groups is 1. The maximum atomic E-state index is 13.5. The molecule has 0 aromatic heterocycles. The summed E-state index contributed by atoms with van der Waals surface area (Å²) in [5, 5.41) is 5.86. The fourth-order valence-electron chi connectivity index (χ4n) is 4.61. The Morgan fingerprint density at radius 2 is 1.53 bits per heavy atom. The van der Waals surface area contributed by atoms with Gasteiger partial charge in [0, 0.05) is 62.8 Å². The zero-order valence-electron chi connectivity index (χ0n) is 22.4. The number of nitrogens with one attached hydrogen (secondary N) is 2. The highest BCUT2D eigenvalue weighted by molar-refractivity contribution is 6.02. The number of ether oxygens (including phenoxy) is 2. The van der Waals surface area contributed by atoms with Gasteiger partial charge in [-0.05, 0) is 48.4 Å². The third kappa shape index (κ3) is 6.95. The lowest BCUT2D eigenvalue weighted by molar-refractivity contribution is -0.116. The Morgan fingerprint density at radius 1 is 0.868 bits per heavy atom. The van der Waals surface area contributed by atoms with E-state index in [0.717, 1.165) is 11.4 Å². The highest BCUT2D eigenvalue weighted by Crippen LogP contribution is 2.28. The first-order chi connectivity index (χ1) is 18.3. The fourth-order valence-corrected chi connectivity index (χ4v) is 4.61. The summed E-state index contributed by atoms with van der Waals surface area (Å²) in [7, 11) is 1.60. The van der Waals surface area contributed by atoms with Crippen LogP contribution >= 0.6 is 0 Å². The van der Waals surface area contributed by atoms with Crippen molar-refractivity contribution in [3.05, 3.63) is 48.0 Å². The summed E-state index contributed by atoms with van der Waals surface area (Å²) < 4.78 is 10.6. The van der Waals surface area contributed by atoms with Crippen molar-refractivity contribution in [1.29, 1.82) is 0 Å². The molecule has 0 saturated carbocycles. The number of anilines is 3. The molecule has 4 rings (SSSR count). The molecule has 2 heterocycles. The summed E-state index contributed by atoms with van der Waals surface area (Å²) >= 11 is 0. The van der Waals surface area contributed by atoms with Crippen LogP contribution in [0.2, 0.25) is 0 Å². The van der Waals surface area contributed by atoms with Gasteiger partial charge in [0.2, 0.25) is 5.91 Å². The number of carbonyl (C=O) groups excluding carboxylic acids is 3. The van der Waals surface area contributed by atoms with Gasteiger partial charge in [0.15, 0.2) is 0 Å². The predicted molar refractivity (Wildman–Crippen MR) is 147 cm³/mol. The molecular weight excluding hydrogens is 486 g/mol. The largest absolute Gasteiger partial charge is 0.497 e. The summed E-state index contributed by atoms with van der Waals surface area (Å²) in [5.41, 5.74) is 2.66. The van der Waals surface area contributed by atoms with E-state index in [-0.39, 0.29) is 23.8 Å². The zero-order valence-corrected chi connectivity index (χ0v) is 22.4. The van der Waals surface area contributed by atoms with Gasteiger partial charge in [0.1, 0.15) is 5.75 Å². The molecule has 10 heteroatoms. The summed E-state index contributed by atoms with van der Waals surface area (Å²) in [6, 6.07) is 12.6. The SMILES string of the molecule is COc1ccc(NC(=O)N2CCN(c3ccc(NC(=O)CC(C)C)cc3C(=O)N3CCOCC3)CC2)cc1. The molecule has 0 aliphatic carbocycles. The average molecular weight is 524 g/mol. The van der Waals surface area contributed by atoms with Gasteiger partial charge in [-0.3, -0.25) is 9.59 Å². The number of benzene rings is 2. The second kappa shape index (κ2) is 12.6. The minimum absolute atomic E-state index is 0.0750. The molecular formula is C28H37N5O5. The molecule has 0 atom stereocenters. The van der Waals surface area contributed by atoms with Gasteiger partial charge in [0.05, 0.1) is 25.9 Å². The van der Waals surface area contributed by atoms with E-state index in [4.69, 9.17) is 9.47 Å². The van der Waals surface area contributed by atoms with E-state index in [1.807, 2.05) is 26.0 Å². The van der Waals surface area contributed by atoms with Gasteiger partial charge in [-0.15, -0.1) is 0 Å². The van der Waals surface area contributed by atoms with Crippen molar-refractivity contribution in [3.63, 3.8) is 0 Å². The smallest absolute Gasteiger partial charge is 0.321 e. The standard InChI is InChI=1S/C28H37N5O5/c1-20(2)18-26(34)29-22-6-9-25(24(19-22)27(35)32-14-16-38-17-15-32)31-10-12-33(13-11-31)28(36)30-21-4-7-23(37-3)8-5-21/h4-9,19-20H,10-18H2,1-3H3,(H,29,34)(H,30,36). The lowest BCUT2D eigenvalue weighted by atomic mass is 10.1. The molecule has 2 aliphatic rings. The first-order valence-corrected chi connectivity index (χ1v) is 13.1. The van der Waals surface area contributed by atoms with E-state index in [9.17, 15) is 14.4 Å². The van der Waals surface area contributed by atoms with Crippen LogP contribution < -0.4 is 20.3 Å². The third-order valence-corrected chi connectivity index (χ3v) is 6.65. The number of methoxy groups -OCH3 is 1. The van der Waals surface area contributed by atoms with Crippen LogP contribution in [0.4, 0.5) is 21.9 Å². The number of morpholine rings is 1. The van der Waals surface area contributed by atoms with Crippen LogP contribution in [0.3, 0.4) is 0 Å². The predicted octanol–water partition coefficient (Wildman–Crippen LogP) is 3.51. The van der Waals surface area contributed by atoms with Crippen molar-refractivity contribution in [2.24, 2.45) is 5.92 Å². The monoisotopic (exact) mass is 523 g/mol. The molecule has 38 heavy (non-hydrogen) atoms. The number of amides is 4. The number of hydrogen-bond acceptors (Lipinski definition) is 6. The summed E-state index contributed by atoms with van der Waals surface area (Å²) in [5.74, 6) is 0.809.